The number of hydrogen-bond acceptors (Lipinski definition) is 6. The molecule has 1 unspecified atom stereocenters. The van der Waals surface area contributed by atoms with E-state index in [9.17, 15) is 14.4 Å². The zero-order chi connectivity index (χ0) is 56.4. The van der Waals surface area contributed by atoms with Gasteiger partial charge in [-0.1, -0.05) is 311 Å². The van der Waals surface area contributed by atoms with Crippen molar-refractivity contribution in [1.82, 2.24) is 0 Å². The highest BCUT2D eigenvalue weighted by molar-refractivity contribution is 5.71. The summed E-state index contributed by atoms with van der Waals surface area (Å²) in [5.41, 5.74) is 0. The van der Waals surface area contributed by atoms with E-state index in [0.717, 1.165) is 83.5 Å². The number of allylic oxidation sites excluding steroid dienone is 14. The summed E-state index contributed by atoms with van der Waals surface area (Å²) in [6.07, 6.45) is 87.8. The average molecular weight is 1090 g/mol. The molecule has 0 fully saturated rings. The highest BCUT2D eigenvalue weighted by atomic mass is 16.6. The number of carbonyl (C=O) groups excluding carboxylic acids is 3. The monoisotopic (exact) mass is 1090 g/mol. The molecule has 0 amide bonds. The van der Waals surface area contributed by atoms with Crippen LogP contribution >= 0.6 is 0 Å². The lowest BCUT2D eigenvalue weighted by Crippen LogP contribution is -2.30. The van der Waals surface area contributed by atoms with Crippen molar-refractivity contribution in [3.63, 3.8) is 0 Å². The smallest absolute Gasteiger partial charge is 0.306 e. The minimum atomic E-state index is -0.803. The maximum atomic E-state index is 12.8. The molecule has 0 N–H and O–H groups in total. The van der Waals surface area contributed by atoms with Gasteiger partial charge in [0, 0.05) is 19.3 Å². The Morgan fingerprint density at radius 1 is 0.269 bits per heavy atom. The molecule has 0 aliphatic carbocycles. The van der Waals surface area contributed by atoms with Gasteiger partial charge in [-0.15, -0.1) is 0 Å². The standard InChI is InChI=1S/C72H126O6/c1-4-7-10-13-16-19-22-24-26-28-29-30-31-32-33-34-35-36-37-38-39-40-41-42-43-45-46-48-50-53-56-59-62-65-71(74)77-68-69(67-76-70(73)64-61-58-55-52-21-18-15-12-9-6-3)78-72(75)66-63-60-57-54-51-49-47-44-27-25-23-20-17-14-11-8-5-2/h8,11,17,20,22,24-25,27-29,47,49,54,57,69H,4-7,9-10,12-16,18-19,21,23,26,30-46,48,50-53,55-56,58-68H2,1-3H3/b11-8-,20-17-,24-22-,27-25-,29-28-,49-47-,57-54-. The lowest BCUT2D eigenvalue weighted by Gasteiger charge is -2.18. The Hall–Kier alpha value is -3.41. The second-order valence-electron chi connectivity index (χ2n) is 22.4. The second-order valence-corrected chi connectivity index (χ2v) is 22.4. The molecule has 0 aromatic heterocycles. The van der Waals surface area contributed by atoms with Gasteiger partial charge in [-0.3, -0.25) is 14.4 Å². The van der Waals surface area contributed by atoms with E-state index >= 15 is 0 Å². The van der Waals surface area contributed by atoms with Gasteiger partial charge in [-0.2, -0.15) is 0 Å². The van der Waals surface area contributed by atoms with Crippen molar-refractivity contribution in [2.75, 3.05) is 13.2 Å². The summed E-state index contributed by atoms with van der Waals surface area (Å²) in [4.78, 5) is 38.2. The summed E-state index contributed by atoms with van der Waals surface area (Å²) in [5.74, 6) is -0.942. The van der Waals surface area contributed by atoms with Gasteiger partial charge in [0.15, 0.2) is 6.10 Å². The summed E-state index contributed by atoms with van der Waals surface area (Å²) in [6, 6.07) is 0. The Kier molecular flexibility index (Phi) is 63.2. The fourth-order valence-corrected chi connectivity index (χ4v) is 9.63. The zero-order valence-corrected chi connectivity index (χ0v) is 51.7. The Morgan fingerprint density at radius 2 is 0.513 bits per heavy atom. The predicted octanol–water partition coefficient (Wildman–Crippen LogP) is 23.1. The van der Waals surface area contributed by atoms with Gasteiger partial charge in [-0.25, -0.2) is 0 Å². The Morgan fingerprint density at radius 3 is 0.821 bits per heavy atom. The quantitative estimate of drug-likeness (QED) is 0.0261. The molecular weight excluding hydrogens is 961 g/mol. The lowest BCUT2D eigenvalue weighted by molar-refractivity contribution is -0.167. The molecule has 0 bridgehead atoms. The highest BCUT2D eigenvalue weighted by Gasteiger charge is 2.19. The first kappa shape index (κ1) is 74.6. The first-order chi connectivity index (χ1) is 38.5. The van der Waals surface area contributed by atoms with Gasteiger partial charge in [-0.05, 0) is 89.9 Å². The van der Waals surface area contributed by atoms with Crippen LogP contribution in [0.5, 0.6) is 0 Å². The van der Waals surface area contributed by atoms with Gasteiger partial charge in [0.25, 0.3) is 0 Å². The fourth-order valence-electron chi connectivity index (χ4n) is 9.63. The molecular formula is C72H126O6. The first-order valence-corrected chi connectivity index (χ1v) is 33.6. The molecule has 0 radical (unpaired) electrons. The van der Waals surface area contributed by atoms with Crippen molar-refractivity contribution in [1.29, 1.82) is 0 Å². The molecule has 1 atom stereocenters. The molecule has 0 rings (SSSR count). The van der Waals surface area contributed by atoms with Crippen molar-refractivity contribution in [3.05, 3.63) is 85.1 Å². The average Bonchev–Trinajstić information content (AvgIpc) is 3.44. The number of esters is 3. The fraction of sp³-hybridized carbons (Fsp3) is 0.764. The van der Waals surface area contributed by atoms with E-state index < -0.39 is 6.10 Å². The number of hydrogen-bond donors (Lipinski definition) is 0. The molecule has 0 heterocycles. The topological polar surface area (TPSA) is 78.9 Å². The zero-order valence-electron chi connectivity index (χ0n) is 51.7. The lowest BCUT2D eigenvalue weighted by atomic mass is 10.0. The van der Waals surface area contributed by atoms with Crippen molar-refractivity contribution >= 4 is 17.9 Å². The van der Waals surface area contributed by atoms with Crippen LogP contribution in [0.3, 0.4) is 0 Å². The predicted molar refractivity (Wildman–Crippen MR) is 339 cm³/mol. The maximum Gasteiger partial charge on any atom is 0.306 e. The van der Waals surface area contributed by atoms with Crippen LogP contribution in [0, 0.1) is 0 Å². The molecule has 0 aliphatic rings. The van der Waals surface area contributed by atoms with E-state index in [0.29, 0.717) is 19.3 Å². The summed E-state index contributed by atoms with van der Waals surface area (Å²) in [6.45, 7) is 6.49. The van der Waals surface area contributed by atoms with E-state index in [1.807, 2.05) is 0 Å². The minimum Gasteiger partial charge on any atom is -0.462 e. The van der Waals surface area contributed by atoms with E-state index in [2.05, 4.69) is 106 Å². The van der Waals surface area contributed by atoms with Crippen molar-refractivity contribution in [2.45, 2.75) is 341 Å². The van der Waals surface area contributed by atoms with E-state index in [1.165, 1.54) is 205 Å². The van der Waals surface area contributed by atoms with Crippen LogP contribution in [-0.2, 0) is 28.6 Å². The van der Waals surface area contributed by atoms with E-state index in [1.54, 1.807) is 0 Å². The second kappa shape index (κ2) is 66.1. The Balaban J connectivity index is 4.12. The van der Waals surface area contributed by atoms with Crippen LogP contribution in [0.15, 0.2) is 85.1 Å². The third kappa shape index (κ3) is 63.4. The van der Waals surface area contributed by atoms with Crippen LogP contribution in [0.2, 0.25) is 0 Å². The van der Waals surface area contributed by atoms with Gasteiger partial charge in [0.05, 0.1) is 0 Å². The van der Waals surface area contributed by atoms with Gasteiger partial charge in [0.2, 0.25) is 0 Å². The molecule has 0 aromatic carbocycles. The van der Waals surface area contributed by atoms with Crippen molar-refractivity contribution in [2.24, 2.45) is 0 Å². The van der Waals surface area contributed by atoms with Crippen LogP contribution in [-0.4, -0.2) is 37.2 Å². The molecule has 0 aromatic rings. The Labute approximate surface area is 484 Å². The summed E-state index contributed by atoms with van der Waals surface area (Å²) in [5, 5.41) is 0. The normalized spacial score (nSPS) is 12.6. The summed E-state index contributed by atoms with van der Waals surface area (Å²) in [7, 11) is 0. The maximum absolute atomic E-state index is 12.8. The van der Waals surface area contributed by atoms with Gasteiger partial charge in [0.1, 0.15) is 13.2 Å². The highest BCUT2D eigenvalue weighted by Crippen LogP contribution is 2.17. The molecule has 6 heteroatoms. The minimum absolute atomic E-state index is 0.0951. The Bertz CT molecular complexity index is 1480. The van der Waals surface area contributed by atoms with Crippen LogP contribution in [0.1, 0.15) is 335 Å². The third-order valence-corrected chi connectivity index (χ3v) is 14.6. The third-order valence-electron chi connectivity index (χ3n) is 14.6. The molecule has 0 aliphatic heterocycles. The number of carbonyl (C=O) groups is 3. The molecule has 78 heavy (non-hydrogen) atoms. The molecule has 0 spiro atoms. The van der Waals surface area contributed by atoms with Crippen LogP contribution in [0.4, 0.5) is 0 Å². The number of rotatable bonds is 61. The van der Waals surface area contributed by atoms with E-state index in [4.69, 9.17) is 14.2 Å². The number of ether oxygens (including phenoxy) is 3. The molecule has 0 saturated carbocycles. The summed E-state index contributed by atoms with van der Waals surface area (Å²) < 4.78 is 16.8. The summed E-state index contributed by atoms with van der Waals surface area (Å²) >= 11 is 0. The number of unbranched alkanes of at least 4 members (excludes halogenated alkanes) is 36. The SMILES string of the molecule is CC/C=C\C/C=C\C/C=C\C/C=C\C/C=C\CCCC(=O)OC(COC(=O)CCCCCCCCCCCC)COC(=O)CCCCCCCCCCCCCCCCCCCCCCC/C=C\C/C=C\CCCCCCC. The largest absolute Gasteiger partial charge is 0.462 e. The molecule has 6 nitrogen and oxygen atoms in total. The first-order valence-electron chi connectivity index (χ1n) is 33.6. The van der Waals surface area contributed by atoms with Crippen molar-refractivity contribution in [3.8, 4) is 0 Å². The van der Waals surface area contributed by atoms with E-state index in [-0.39, 0.29) is 37.5 Å². The van der Waals surface area contributed by atoms with Crippen LogP contribution < -0.4 is 0 Å². The van der Waals surface area contributed by atoms with Gasteiger partial charge < -0.3 is 14.2 Å². The van der Waals surface area contributed by atoms with Crippen molar-refractivity contribution < 1.29 is 28.6 Å². The molecule has 450 valence electrons. The molecule has 0 saturated heterocycles. The van der Waals surface area contributed by atoms with Crippen LogP contribution in [0.25, 0.3) is 0 Å². The van der Waals surface area contributed by atoms with Gasteiger partial charge >= 0.3 is 17.9 Å².